The molecule has 4 N–H and O–H groups in total. The van der Waals surface area contributed by atoms with Crippen molar-refractivity contribution in [2.45, 2.75) is 31.5 Å². The van der Waals surface area contributed by atoms with Gasteiger partial charge in [0.25, 0.3) is 5.56 Å². The molecular weight excluding hydrogens is 294 g/mol. The van der Waals surface area contributed by atoms with Gasteiger partial charge in [0.05, 0.1) is 6.61 Å². The summed E-state index contributed by atoms with van der Waals surface area (Å²) in [5.41, 5.74) is -0.517. The molecule has 2 aromatic rings. The Balaban J connectivity index is 2.12. The third-order valence-corrected chi connectivity index (χ3v) is 3.73. The Morgan fingerprint density at radius 1 is 1.36 bits per heavy atom. The predicted octanol–water partition coefficient (Wildman–Crippen LogP) is -2.00. The topological polar surface area (TPSA) is 138 Å². The summed E-state index contributed by atoms with van der Waals surface area (Å²) in [4.78, 5) is 29.8. The number of aromatic amines is 1. The maximum atomic E-state index is 12.1. The lowest BCUT2D eigenvalue weighted by Gasteiger charge is -2.17. The van der Waals surface area contributed by atoms with E-state index < -0.39 is 36.8 Å². The molecule has 0 radical (unpaired) electrons. The molecule has 0 aromatic carbocycles. The van der Waals surface area contributed by atoms with Gasteiger partial charge in [-0.15, -0.1) is 0 Å². The molecule has 4 atom stereocenters. The first-order valence-corrected chi connectivity index (χ1v) is 6.67. The average molecular weight is 309 g/mol. The molecule has 2 aromatic heterocycles. The van der Waals surface area contributed by atoms with Gasteiger partial charge in [-0.2, -0.15) is 4.98 Å². The van der Waals surface area contributed by atoms with Crippen molar-refractivity contribution >= 4 is 11.0 Å². The fourth-order valence-electron chi connectivity index (χ4n) is 2.49. The van der Waals surface area contributed by atoms with Gasteiger partial charge in [0.1, 0.15) is 24.0 Å². The van der Waals surface area contributed by atoms with Crippen LogP contribution in [-0.2, 0) is 4.74 Å². The molecule has 9 nitrogen and oxygen atoms in total. The van der Waals surface area contributed by atoms with Gasteiger partial charge in [0.2, 0.25) is 0 Å². The Kier molecular flexibility index (Phi) is 3.57. The summed E-state index contributed by atoms with van der Waals surface area (Å²) in [6.07, 6.45) is -3.45. The van der Waals surface area contributed by atoms with E-state index >= 15 is 0 Å². The summed E-state index contributed by atoms with van der Waals surface area (Å²) in [5.74, 6) is 0. The van der Waals surface area contributed by atoms with Gasteiger partial charge < -0.3 is 25.0 Å². The fraction of sp³-hybridized carbons (Fsp3) is 0.462. The van der Waals surface area contributed by atoms with Crippen LogP contribution in [0, 0.1) is 6.92 Å². The highest BCUT2D eigenvalue weighted by Crippen LogP contribution is 2.28. The molecule has 3 rings (SSSR count). The number of H-pyrrole nitrogens is 1. The first-order chi connectivity index (χ1) is 10.4. The predicted molar refractivity (Wildman–Crippen MR) is 74.4 cm³/mol. The molecule has 22 heavy (non-hydrogen) atoms. The van der Waals surface area contributed by atoms with E-state index in [9.17, 15) is 19.8 Å². The molecule has 0 aliphatic carbocycles. The number of nitrogens with zero attached hydrogens (tertiary/aromatic N) is 2. The second-order valence-electron chi connectivity index (χ2n) is 5.25. The summed E-state index contributed by atoms with van der Waals surface area (Å²) in [7, 11) is 0. The van der Waals surface area contributed by atoms with Crippen molar-refractivity contribution in [2.24, 2.45) is 0 Å². The van der Waals surface area contributed by atoms with Crippen LogP contribution in [0.5, 0.6) is 0 Å². The number of aliphatic hydroxyl groups is 3. The lowest BCUT2D eigenvalue weighted by atomic mass is 10.1. The maximum absolute atomic E-state index is 12.1. The number of aromatic nitrogens is 3. The Morgan fingerprint density at radius 2 is 2.09 bits per heavy atom. The summed E-state index contributed by atoms with van der Waals surface area (Å²) in [5, 5.41) is 29.3. The van der Waals surface area contributed by atoms with E-state index in [-0.39, 0.29) is 11.2 Å². The van der Waals surface area contributed by atoms with Crippen LogP contribution in [0.15, 0.2) is 21.9 Å². The third-order valence-electron chi connectivity index (χ3n) is 3.73. The molecule has 0 amide bonds. The molecule has 1 aliphatic rings. The zero-order valence-electron chi connectivity index (χ0n) is 11.6. The van der Waals surface area contributed by atoms with Crippen molar-refractivity contribution < 1.29 is 20.1 Å². The highest BCUT2D eigenvalue weighted by atomic mass is 16.6. The van der Waals surface area contributed by atoms with E-state index in [4.69, 9.17) is 9.84 Å². The highest BCUT2D eigenvalue weighted by molar-refractivity contribution is 5.73. The van der Waals surface area contributed by atoms with E-state index in [2.05, 4.69) is 9.97 Å². The van der Waals surface area contributed by atoms with Crippen LogP contribution >= 0.6 is 0 Å². The highest BCUT2D eigenvalue weighted by Gasteiger charge is 2.43. The second-order valence-corrected chi connectivity index (χ2v) is 5.25. The lowest BCUT2D eigenvalue weighted by Crippen LogP contribution is -2.36. The van der Waals surface area contributed by atoms with Crippen LogP contribution in [0.25, 0.3) is 11.0 Å². The summed E-state index contributed by atoms with van der Waals surface area (Å²) < 4.78 is 6.34. The Hall–Kier alpha value is -2.07. The van der Waals surface area contributed by atoms with Gasteiger partial charge in [-0.1, -0.05) is 0 Å². The molecule has 1 fully saturated rings. The summed E-state index contributed by atoms with van der Waals surface area (Å²) in [6.45, 7) is 1.12. The molecule has 118 valence electrons. The zero-order valence-corrected chi connectivity index (χ0v) is 11.6. The van der Waals surface area contributed by atoms with Crippen LogP contribution in [0.1, 0.15) is 11.8 Å². The van der Waals surface area contributed by atoms with Crippen LogP contribution in [-0.4, -0.2) is 54.8 Å². The minimum absolute atomic E-state index is 0.128. The zero-order chi connectivity index (χ0) is 16.0. The van der Waals surface area contributed by atoms with Gasteiger partial charge in [-0.3, -0.25) is 9.36 Å². The molecular formula is C13H15N3O6. The minimum atomic E-state index is -1.38. The van der Waals surface area contributed by atoms with Gasteiger partial charge in [0.15, 0.2) is 6.23 Å². The Bertz CT molecular complexity index is 829. The largest absolute Gasteiger partial charge is 0.394 e. The van der Waals surface area contributed by atoms with Gasteiger partial charge in [0, 0.05) is 17.1 Å². The van der Waals surface area contributed by atoms with Crippen molar-refractivity contribution in [3.63, 3.8) is 0 Å². The Labute approximate surface area is 123 Å². The Morgan fingerprint density at radius 3 is 2.73 bits per heavy atom. The van der Waals surface area contributed by atoms with Crippen molar-refractivity contribution in [3.05, 3.63) is 38.7 Å². The summed E-state index contributed by atoms with van der Waals surface area (Å²) in [6, 6.07) is 1.55. The molecule has 0 unspecified atom stereocenters. The average Bonchev–Trinajstić information content (AvgIpc) is 2.76. The van der Waals surface area contributed by atoms with Crippen molar-refractivity contribution in [1.29, 1.82) is 0 Å². The van der Waals surface area contributed by atoms with Crippen LogP contribution in [0.3, 0.4) is 0 Å². The standard InChI is InChI=1S/C13H15N3O6/c1-5-2-6-3-16(13(21)15-10(6)14-11(5)20)12-9(19)8(18)7(4-17)22-12/h2-3,7-9,12,17-19H,4H2,1H3,(H,14,15,20,21)/t7-,8-,9-,12-/m1/s1. The van der Waals surface area contributed by atoms with Gasteiger partial charge in [-0.25, -0.2) is 4.79 Å². The second kappa shape index (κ2) is 5.29. The molecule has 0 saturated carbocycles. The van der Waals surface area contributed by atoms with Crippen LogP contribution < -0.4 is 11.2 Å². The number of nitrogens with one attached hydrogen (secondary N) is 1. The number of fused-ring (bicyclic) bond motifs is 1. The van der Waals surface area contributed by atoms with Gasteiger partial charge >= 0.3 is 5.69 Å². The normalized spacial score (nSPS) is 28.4. The molecule has 1 aliphatic heterocycles. The molecule has 1 saturated heterocycles. The number of aryl methyl sites for hydroxylation is 1. The first kappa shape index (κ1) is 14.9. The quantitative estimate of drug-likeness (QED) is 0.503. The molecule has 0 bridgehead atoms. The van der Waals surface area contributed by atoms with E-state index in [0.717, 1.165) is 4.57 Å². The lowest BCUT2D eigenvalue weighted by molar-refractivity contribution is -0.0547. The van der Waals surface area contributed by atoms with Crippen LogP contribution in [0.4, 0.5) is 0 Å². The van der Waals surface area contributed by atoms with E-state index in [0.29, 0.717) is 10.9 Å². The number of ether oxygens (including phenoxy) is 1. The van der Waals surface area contributed by atoms with E-state index in [1.54, 1.807) is 13.0 Å². The number of hydrogen-bond acceptors (Lipinski definition) is 7. The van der Waals surface area contributed by atoms with Crippen LogP contribution in [0.2, 0.25) is 0 Å². The van der Waals surface area contributed by atoms with E-state index in [1.807, 2.05) is 0 Å². The number of hydrogen-bond donors (Lipinski definition) is 4. The maximum Gasteiger partial charge on any atom is 0.351 e. The van der Waals surface area contributed by atoms with E-state index in [1.165, 1.54) is 6.20 Å². The third kappa shape index (κ3) is 2.24. The number of aliphatic hydroxyl groups excluding tert-OH is 3. The molecule has 0 spiro atoms. The summed E-state index contributed by atoms with van der Waals surface area (Å²) >= 11 is 0. The fourth-order valence-corrected chi connectivity index (χ4v) is 2.49. The number of rotatable bonds is 2. The minimum Gasteiger partial charge on any atom is -0.394 e. The molecule has 3 heterocycles. The van der Waals surface area contributed by atoms with Crippen molar-refractivity contribution in [2.75, 3.05) is 6.61 Å². The SMILES string of the molecule is Cc1cc2cn([C@@H]3O[C@H](CO)[C@@H](O)[C@H]3O)c(=O)nc2[nH]c1=O. The molecule has 9 heteroatoms. The van der Waals surface area contributed by atoms with Crippen molar-refractivity contribution in [1.82, 2.24) is 14.5 Å². The van der Waals surface area contributed by atoms with Crippen molar-refractivity contribution in [3.8, 4) is 0 Å². The van der Waals surface area contributed by atoms with Gasteiger partial charge in [-0.05, 0) is 13.0 Å². The first-order valence-electron chi connectivity index (χ1n) is 6.67. The monoisotopic (exact) mass is 309 g/mol. The smallest absolute Gasteiger partial charge is 0.351 e. The number of pyridine rings is 1.